The zero-order valence-corrected chi connectivity index (χ0v) is 35.7. The Kier molecular flexibility index (Phi) is 26.6. The molecule has 7 rings (SSSR count). The fourth-order valence-corrected chi connectivity index (χ4v) is 8.15. The van der Waals surface area contributed by atoms with Crippen LogP contribution in [-0.2, 0) is 37.9 Å². The number of carbonyl (C=O) groups excluding carboxylic acids is 6. The van der Waals surface area contributed by atoms with Crippen LogP contribution in [0.25, 0.3) is 0 Å². The van der Waals surface area contributed by atoms with Crippen LogP contribution in [0.1, 0.15) is 38.4 Å². The minimum absolute atomic E-state index is 0.0145. The first-order valence-corrected chi connectivity index (χ1v) is 23.1. The van der Waals surface area contributed by atoms with Crippen LogP contribution in [0.15, 0.2) is 30.3 Å². The highest BCUT2D eigenvalue weighted by Crippen LogP contribution is 2.31. The van der Waals surface area contributed by atoms with E-state index in [4.69, 9.17) is 40.0 Å². The zero-order chi connectivity index (χ0) is 39.6. The molecule has 54 heavy (non-hydrogen) atoms. The van der Waals surface area contributed by atoms with Crippen LogP contribution in [0.4, 0.5) is 28.8 Å². The fraction of sp³-hybridized carbons (Fsp3) is 0.636. The number of hydrogen-bond acceptors (Lipinski definition) is 20. The van der Waals surface area contributed by atoms with Crippen molar-refractivity contribution in [1.29, 1.82) is 0 Å². The quantitative estimate of drug-likeness (QED) is 0.0991. The summed E-state index contributed by atoms with van der Waals surface area (Å²) in [5.74, 6) is 4.99. The van der Waals surface area contributed by atoms with E-state index in [1.54, 1.807) is 7.11 Å². The van der Waals surface area contributed by atoms with E-state index >= 15 is 0 Å². The van der Waals surface area contributed by atoms with Crippen molar-refractivity contribution in [3.63, 3.8) is 0 Å². The number of ether oxygens (including phenoxy) is 8. The number of methoxy groups -OCH3 is 1. The summed E-state index contributed by atoms with van der Waals surface area (Å²) in [6, 6.07) is 9.80. The molecule has 0 spiro atoms. The van der Waals surface area contributed by atoms with Gasteiger partial charge in [-0.3, -0.25) is 0 Å². The number of halogens is 1. The smallest absolute Gasteiger partial charge is 0.368 e. The van der Waals surface area contributed by atoms with Crippen LogP contribution in [-0.4, -0.2) is 130 Å². The van der Waals surface area contributed by atoms with Crippen LogP contribution < -0.4 is 0 Å². The Hall–Kier alpha value is -1.65. The van der Waals surface area contributed by atoms with E-state index in [0.29, 0.717) is 31.5 Å². The standard InChI is InChI=1S/C9H8O2S.C8H14O3S.C5H8O3S.C4H5ClO2S.C4H6O2S.C3H4O2S/c10-9-11-8(6-12-9)7-4-2-1-3-5-7;1-2-3-4-10-5-7-6-12-8(9)11-7;1-7-2-4-3-9-5(6)8-4;5-1-3-2-8-4(6)7-3;1-3-2-7-4(5)6-3;4-3-5-1-2-6-3/h1-5,8H,6H2;7H,2-6H2,1H3;4H,2-3H2,1H3;3H,1-2H2;3H,2H2,1H3;1-2H2. The maximum atomic E-state index is 10.8. The highest BCUT2D eigenvalue weighted by Gasteiger charge is 2.26. The van der Waals surface area contributed by atoms with E-state index in [2.05, 4.69) is 16.4 Å². The third-order valence-corrected chi connectivity index (χ3v) is 11.9. The van der Waals surface area contributed by atoms with Gasteiger partial charge in [-0.1, -0.05) is 43.7 Å². The molecule has 0 aliphatic carbocycles. The van der Waals surface area contributed by atoms with Gasteiger partial charge < -0.3 is 37.9 Å². The third-order valence-electron chi connectivity index (χ3n) is 6.44. The predicted octanol–water partition coefficient (Wildman–Crippen LogP) is 9.16. The number of alkyl halides is 1. The van der Waals surface area contributed by atoms with Gasteiger partial charge in [0.2, 0.25) is 0 Å². The van der Waals surface area contributed by atoms with Crippen molar-refractivity contribution in [2.75, 3.05) is 73.9 Å². The number of hydrogen-bond donors (Lipinski definition) is 0. The zero-order valence-electron chi connectivity index (χ0n) is 30.0. The number of benzene rings is 1. The van der Waals surface area contributed by atoms with Crippen molar-refractivity contribution in [3.8, 4) is 0 Å². The summed E-state index contributed by atoms with van der Waals surface area (Å²) in [7, 11) is 1.59. The normalized spacial score (nSPS) is 24.9. The van der Waals surface area contributed by atoms with Gasteiger partial charge in [0, 0.05) is 48.2 Å². The molecule has 1 aromatic carbocycles. The molecular formula is C33H45ClO14S6. The number of carbonyl (C=O) groups is 6. The molecule has 5 unspecified atom stereocenters. The molecule has 6 fully saturated rings. The molecule has 0 amide bonds. The van der Waals surface area contributed by atoms with Gasteiger partial charge in [0.05, 0.1) is 19.1 Å². The molecule has 6 aliphatic heterocycles. The lowest BCUT2D eigenvalue weighted by atomic mass is 10.1. The van der Waals surface area contributed by atoms with Crippen LogP contribution >= 0.6 is 82.2 Å². The molecule has 0 bridgehead atoms. The second-order valence-electron chi connectivity index (χ2n) is 11.0. The molecule has 1 aromatic rings. The van der Waals surface area contributed by atoms with E-state index in [1.165, 1.54) is 70.6 Å². The van der Waals surface area contributed by atoms with Gasteiger partial charge >= 0.3 is 31.8 Å². The highest BCUT2D eigenvalue weighted by molar-refractivity contribution is 8.14. The molecule has 5 atom stereocenters. The van der Waals surface area contributed by atoms with Gasteiger partial charge in [-0.25, -0.2) is 28.8 Å². The molecule has 6 aliphatic rings. The second kappa shape index (κ2) is 29.6. The van der Waals surface area contributed by atoms with Gasteiger partial charge in [0.1, 0.15) is 37.1 Å². The lowest BCUT2D eigenvalue weighted by Crippen LogP contribution is -2.17. The first-order chi connectivity index (χ1) is 26.0. The highest BCUT2D eigenvalue weighted by atomic mass is 35.5. The van der Waals surface area contributed by atoms with Gasteiger partial charge in [0.25, 0.3) is 0 Å². The summed E-state index contributed by atoms with van der Waals surface area (Å²) in [4.78, 5) is 62.3. The third kappa shape index (κ3) is 22.8. The SMILES string of the molecule is CC1CSC(=O)O1.CCCCOCC1CSC(=O)O1.COCC1CSC(=O)O1.O=C1OC(CCl)CS1.O=C1OC(c2ccccc2)CS1.O=C1OCCS1. The van der Waals surface area contributed by atoms with Crippen molar-refractivity contribution in [3.05, 3.63) is 35.9 Å². The largest absolute Gasteiger partial charge is 0.457 e. The average molecular weight is 894 g/mol. The minimum atomic E-state index is -0.198. The number of cyclic esters (lactones) is 6. The predicted molar refractivity (Wildman–Crippen MR) is 217 cm³/mol. The molecule has 0 aromatic heterocycles. The maximum Gasteiger partial charge on any atom is 0.368 e. The average Bonchev–Trinajstić information content (AvgIpc) is 4.04. The van der Waals surface area contributed by atoms with E-state index in [1.807, 2.05) is 37.3 Å². The molecule has 21 heteroatoms. The second-order valence-corrected chi connectivity index (χ2v) is 17.1. The van der Waals surface area contributed by atoms with Gasteiger partial charge in [0.15, 0.2) is 0 Å². The summed E-state index contributed by atoms with van der Waals surface area (Å²) in [5.41, 5.74) is 1.08. The van der Waals surface area contributed by atoms with Gasteiger partial charge in [-0.2, -0.15) is 0 Å². The summed E-state index contributed by atoms with van der Waals surface area (Å²) >= 11 is 12.7. The Bertz CT molecular complexity index is 1290. The molecule has 0 saturated carbocycles. The number of unbranched alkanes of at least 4 members (excludes halogenated alkanes) is 1. The van der Waals surface area contributed by atoms with E-state index in [-0.39, 0.29) is 62.3 Å². The first kappa shape index (κ1) is 48.5. The van der Waals surface area contributed by atoms with Crippen molar-refractivity contribution in [2.24, 2.45) is 0 Å². The summed E-state index contributed by atoms with van der Waals surface area (Å²) in [5, 5.41) is -0.974. The van der Waals surface area contributed by atoms with Crippen molar-refractivity contribution in [1.82, 2.24) is 0 Å². The summed E-state index contributed by atoms with van der Waals surface area (Å²) in [6.45, 7) is 6.45. The van der Waals surface area contributed by atoms with Crippen LogP contribution in [0.3, 0.4) is 0 Å². The van der Waals surface area contributed by atoms with Crippen LogP contribution in [0.5, 0.6) is 0 Å². The lowest BCUT2D eigenvalue weighted by Gasteiger charge is -2.07. The molecule has 6 heterocycles. The van der Waals surface area contributed by atoms with Crippen molar-refractivity contribution in [2.45, 2.75) is 57.2 Å². The number of rotatable bonds is 9. The Morgan fingerprint density at radius 3 is 1.56 bits per heavy atom. The topological polar surface area (TPSA) is 176 Å². The van der Waals surface area contributed by atoms with Crippen molar-refractivity contribution >= 4 is 114 Å². The number of thioether (sulfide) groups is 6. The Morgan fingerprint density at radius 2 is 1.20 bits per heavy atom. The molecular weight excluding hydrogens is 848 g/mol. The summed E-state index contributed by atoms with van der Waals surface area (Å²) < 4.78 is 38.8. The van der Waals surface area contributed by atoms with Crippen LogP contribution in [0.2, 0.25) is 0 Å². The Balaban J connectivity index is 0.000000228. The minimum Gasteiger partial charge on any atom is -0.457 e. The van der Waals surface area contributed by atoms with E-state index in [9.17, 15) is 28.8 Å². The van der Waals surface area contributed by atoms with Crippen molar-refractivity contribution < 1.29 is 66.7 Å². The van der Waals surface area contributed by atoms with Crippen LogP contribution in [0, 0.1) is 0 Å². The van der Waals surface area contributed by atoms with E-state index in [0.717, 1.165) is 53.8 Å². The first-order valence-electron chi connectivity index (χ1n) is 16.7. The fourth-order valence-electron chi connectivity index (χ4n) is 3.85. The van der Waals surface area contributed by atoms with E-state index < -0.39 is 0 Å². The molecule has 0 N–H and O–H groups in total. The molecule has 304 valence electrons. The molecule has 6 saturated heterocycles. The Labute approximate surface area is 345 Å². The Morgan fingerprint density at radius 1 is 0.667 bits per heavy atom. The molecule has 0 radical (unpaired) electrons. The molecule has 14 nitrogen and oxygen atoms in total. The maximum absolute atomic E-state index is 10.8. The monoisotopic (exact) mass is 892 g/mol. The van der Waals surface area contributed by atoms with Gasteiger partial charge in [-0.15, -0.1) is 11.6 Å². The lowest BCUT2D eigenvalue weighted by molar-refractivity contribution is 0.0448. The summed E-state index contributed by atoms with van der Waals surface area (Å²) in [6.07, 6.45) is 2.23. The van der Waals surface area contributed by atoms with Gasteiger partial charge in [-0.05, 0) is 89.5 Å².